The molecule has 0 aliphatic rings. The number of aryl methyl sites for hydroxylation is 1. The van der Waals surface area contributed by atoms with Crippen LogP contribution < -0.4 is 15.6 Å². The SMILES string of the molecule is C=CCn1c(=S)[nH]c2cc(C(=O)NCc3ccc(OCc4cccc(C)c4)cc3)ccc2c1=O. The van der Waals surface area contributed by atoms with E-state index in [1.807, 2.05) is 36.4 Å². The fourth-order valence-corrected chi connectivity index (χ4v) is 3.91. The summed E-state index contributed by atoms with van der Waals surface area (Å²) >= 11 is 5.27. The fourth-order valence-electron chi connectivity index (χ4n) is 3.65. The number of nitrogens with one attached hydrogen (secondary N) is 2. The first kappa shape index (κ1) is 23.2. The topological polar surface area (TPSA) is 76.1 Å². The van der Waals surface area contributed by atoms with Crippen LogP contribution in [-0.4, -0.2) is 15.5 Å². The summed E-state index contributed by atoms with van der Waals surface area (Å²) < 4.78 is 7.57. The van der Waals surface area contributed by atoms with Gasteiger partial charge in [0.25, 0.3) is 11.5 Å². The predicted octanol–water partition coefficient (Wildman–Crippen LogP) is 5.06. The highest BCUT2D eigenvalue weighted by Crippen LogP contribution is 2.16. The number of carbonyl (C=O) groups excluding carboxylic acids is 1. The van der Waals surface area contributed by atoms with Gasteiger partial charge in [-0.25, -0.2) is 0 Å². The van der Waals surface area contributed by atoms with E-state index in [4.69, 9.17) is 17.0 Å². The molecule has 0 unspecified atom stereocenters. The number of hydrogen-bond donors (Lipinski definition) is 2. The Labute approximate surface area is 202 Å². The fraction of sp³-hybridized carbons (Fsp3) is 0.148. The lowest BCUT2D eigenvalue weighted by atomic mass is 10.1. The van der Waals surface area contributed by atoms with Crippen LogP contribution >= 0.6 is 12.2 Å². The normalized spacial score (nSPS) is 10.7. The summed E-state index contributed by atoms with van der Waals surface area (Å²) in [5.41, 5.74) is 4.02. The van der Waals surface area contributed by atoms with Gasteiger partial charge >= 0.3 is 0 Å². The lowest BCUT2D eigenvalue weighted by Gasteiger charge is -2.10. The molecule has 4 rings (SSSR count). The van der Waals surface area contributed by atoms with Gasteiger partial charge in [-0.2, -0.15) is 0 Å². The van der Waals surface area contributed by atoms with Crippen molar-refractivity contribution in [2.75, 3.05) is 0 Å². The molecule has 1 amide bonds. The molecule has 34 heavy (non-hydrogen) atoms. The number of nitrogens with zero attached hydrogens (tertiary/aromatic N) is 1. The Bertz CT molecular complexity index is 1470. The van der Waals surface area contributed by atoms with Crippen molar-refractivity contribution in [1.29, 1.82) is 0 Å². The maximum Gasteiger partial charge on any atom is 0.262 e. The molecular weight excluding hydrogens is 446 g/mol. The Morgan fingerprint density at radius 1 is 1.12 bits per heavy atom. The van der Waals surface area contributed by atoms with Crippen LogP contribution in [0, 0.1) is 11.7 Å². The average molecular weight is 472 g/mol. The number of rotatable bonds is 8. The lowest BCUT2D eigenvalue weighted by molar-refractivity contribution is 0.0951. The molecule has 0 aliphatic heterocycles. The lowest BCUT2D eigenvalue weighted by Crippen LogP contribution is -2.24. The van der Waals surface area contributed by atoms with Gasteiger partial charge in [0.05, 0.1) is 10.9 Å². The summed E-state index contributed by atoms with van der Waals surface area (Å²) in [5.74, 6) is 0.528. The van der Waals surface area contributed by atoms with Crippen LogP contribution in [0.5, 0.6) is 5.75 Å². The molecule has 0 saturated carbocycles. The molecule has 0 fully saturated rings. The maximum absolute atomic E-state index is 12.7. The molecule has 0 bridgehead atoms. The Morgan fingerprint density at radius 2 is 1.91 bits per heavy atom. The zero-order valence-corrected chi connectivity index (χ0v) is 19.7. The predicted molar refractivity (Wildman–Crippen MR) is 137 cm³/mol. The molecule has 172 valence electrons. The molecule has 0 spiro atoms. The van der Waals surface area contributed by atoms with Crippen molar-refractivity contribution in [1.82, 2.24) is 14.9 Å². The minimum atomic E-state index is -0.240. The van der Waals surface area contributed by atoms with E-state index >= 15 is 0 Å². The second kappa shape index (κ2) is 10.3. The number of aromatic nitrogens is 2. The maximum atomic E-state index is 12.7. The monoisotopic (exact) mass is 471 g/mol. The second-order valence-corrected chi connectivity index (χ2v) is 8.39. The summed E-state index contributed by atoms with van der Waals surface area (Å²) in [6.45, 7) is 6.90. The van der Waals surface area contributed by atoms with Crippen molar-refractivity contribution in [3.05, 3.63) is 117 Å². The summed E-state index contributed by atoms with van der Waals surface area (Å²) in [4.78, 5) is 28.3. The summed E-state index contributed by atoms with van der Waals surface area (Å²) in [6.07, 6.45) is 1.61. The zero-order valence-electron chi connectivity index (χ0n) is 18.8. The molecule has 0 radical (unpaired) electrons. The molecule has 3 aromatic carbocycles. The van der Waals surface area contributed by atoms with Gasteiger partial charge in [-0.15, -0.1) is 6.58 Å². The van der Waals surface area contributed by atoms with Crippen molar-refractivity contribution in [3.63, 3.8) is 0 Å². The molecule has 6 nitrogen and oxygen atoms in total. The summed E-state index contributed by atoms with van der Waals surface area (Å²) in [5, 5.41) is 3.37. The van der Waals surface area contributed by atoms with E-state index < -0.39 is 0 Å². The van der Waals surface area contributed by atoms with E-state index in [9.17, 15) is 9.59 Å². The summed E-state index contributed by atoms with van der Waals surface area (Å²) in [6, 6.07) is 20.7. The van der Waals surface area contributed by atoms with E-state index in [1.54, 1.807) is 24.3 Å². The van der Waals surface area contributed by atoms with Crippen LogP contribution in [0.2, 0.25) is 0 Å². The van der Waals surface area contributed by atoms with Crippen molar-refractivity contribution >= 4 is 29.0 Å². The number of H-pyrrole nitrogens is 1. The number of hydrogen-bond acceptors (Lipinski definition) is 4. The van der Waals surface area contributed by atoms with Crippen molar-refractivity contribution in [2.24, 2.45) is 0 Å². The first-order valence-corrected chi connectivity index (χ1v) is 11.3. The Balaban J connectivity index is 1.39. The first-order chi connectivity index (χ1) is 16.4. The molecule has 0 atom stereocenters. The smallest absolute Gasteiger partial charge is 0.262 e. The number of amides is 1. The van der Waals surface area contributed by atoms with Gasteiger partial charge < -0.3 is 15.0 Å². The molecule has 1 heterocycles. The van der Waals surface area contributed by atoms with Gasteiger partial charge in [0, 0.05) is 18.7 Å². The molecule has 4 aromatic rings. The molecule has 0 saturated heterocycles. The number of fused-ring (bicyclic) bond motifs is 1. The van der Waals surface area contributed by atoms with Gasteiger partial charge in [-0.05, 0) is 60.6 Å². The van der Waals surface area contributed by atoms with E-state index in [2.05, 4.69) is 35.9 Å². The largest absolute Gasteiger partial charge is 0.489 e. The highest BCUT2D eigenvalue weighted by atomic mass is 32.1. The standard InChI is InChI=1S/C27H25N3O3S/c1-3-13-30-26(32)23-12-9-21(15-24(23)29-27(30)34)25(31)28-16-19-7-10-22(11-8-19)33-17-20-6-4-5-18(2)14-20/h3-12,14-15H,1,13,16-17H2,2H3,(H,28,31)(H,29,34). The minimum Gasteiger partial charge on any atom is -0.489 e. The molecule has 1 aromatic heterocycles. The van der Waals surface area contributed by atoms with Crippen molar-refractivity contribution < 1.29 is 9.53 Å². The number of carbonyl (C=O) groups is 1. The summed E-state index contributed by atoms with van der Waals surface area (Å²) in [7, 11) is 0. The van der Waals surface area contributed by atoms with Gasteiger partial charge in [-0.3, -0.25) is 14.2 Å². The van der Waals surface area contributed by atoms with Gasteiger partial charge in [0.2, 0.25) is 0 Å². The van der Waals surface area contributed by atoms with Crippen LogP contribution in [0.4, 0.5) is 0 Å². The number of ether oxygens (including phenoxy) is 1. The zero-order chi connectivity index (χ0) is 24.1. The Hall–Kier alpha value is -3.97. The van der Waals surface area contributed by atoms with E-state index in [0.717, 1.165) is 16.9 Å². The van der Waals surface area contributed by atoms with Gasteiger partial charge in [-0.1, -0.05) is 48.0 Å². The van der Waals surface area contributed by atoms with Crippen LogP contribution in [0.3, 0.4) is 0 Å². The van der Waals surface area contributed by atoms with E-state index in [1.165, 1.54) is 10.1 Å². The van der Waals surface area contributed by atoms with E-state index in [-0.39, 0.29) is 11.5 Å². The number of benzene rings is 3. The molecular formula is C27H25N3O3S. The van der Waals surface area contributed by atoms with E-state index in [0.29, 0.717) is 40.9 Å². The molecule has 2 N–H and O–H groups in total. The van der Waals surface area contributed by atoms with Gasteiger partial charge in [0.15, 0.2) is 4.77 Å². The molecule has 0 aliphatic carbocycles. The highest BCUT2D eigenvalue weighted by molar-refractivity contribution is 7.71. The first-order valence-electron chi connectivity index (χ1n) is 10.9. The third kappa shape index (κ3) is 5.32. The highest BCUT2D eigenvalue weighted by Gasteiger charge is 2.10. The quantitative estimate of drug-likeness (QED) is 0.278. The Kier molecular flexibility index (Phi) is 7.04. The van der Waals surface area contributed by atoms with Crippen LogP contribution in [0.1, 0.15) is 27.0 Å². The minimum absolute atomic E-state index is 0.213. The average Bonchev–Trinajstić information content (AvgIpc) is 2.84. The third-order valence-electron chi connectivity index (χ3n) is 5.42. The molecule has 7 heteroatoms. The Morgan fingerprint density at radius 3 is 2.65 bits per heavy atom. The number of allylic oxidation sites excluding steroid dienone is 1. The van der Waals surface area contributed by atoms with Gasteiger partial charge in [0.1, 0.15) is 12.4 Å². The third-order valence-corrected chi connectivity index (χ3v) is 5.74. The van der Waals surface area contributed by atoms with Crippen molar-refractivity contribution in [3.8, 4) is 5.75 Å². The second-order valence-electron chi connectivity index (χ2n) is 8.00. The van der Waals surface area contributed by atoms with Crippen molar-refractivity contribution in [2.45, 2.75) is 26.6 Å². The van der Waals surface area contributed by atoms with Crippen LogP contribution in [0.15, 0.2) is 84.2 Å². The van der Waals surface area contributed by atoms with Crippen LogP contribution in [-0.2, 0) is 19.7 Å². The van der Waals surface area contributed by atoms with Crippen LogP contribution in [0.25, 0.3) is 10.9 Å². The number of aromatic amines is 1.